The molecule has 6 nitrogen and oxygen atoms in total. The van der Waals surface area contributed by atoms with E-state index < -0.39 is 11.2 Å². The fourth-order valence-electron chi connectivity index (χ4n) is 4.62. The highest BCUT2D eigenvalue weighted by Crippen LogP contribution is 2.38. The van der Waals surface area contributed by atoms with Crippen molar-refractivity contribution >= 4 is 11.7 Å². The number of aliphatic hydroxyl groups is 1. The molecule has 0 bridgehead atoms. The monoisotopic (exact) mass is 442 g/mol. The molecule has 0 saturated carbocycles. The van der Waals surface area contributed by atoms with E-state index in [9.17, 15) is 14.7 Å². The number of ether oxygens (including phenoxy) is 1. The molecule has 0 unspecified atom stereocenters. The zero-order valence-corrected chi connectivity index (χ0v) is 20.4. The Morgan fingerprint density at radius 1 is 1.19 bits per heavy atom. The van der Waals surface area contributed by atoms with Crippen LogP contribution in [-0.2, 0) is 11.8 Å². The molecule has 2 heterocycles. The summed E-state index contributed by atoms with van der Waals surface area (Å²) in [4.78, 5) is 26.8. The van der Waals surface area contributed by atoms with E-state index in [-0.39, 0.29) is 23.6 Å². The van der Waals surface area contributed by atoms with Gasteiger partial charge in [0.2, 0.25) is 0 Å². The minimum Gasteiger partial charge on any atom is -0.442 e. The molecule has 1 fully saturated rings. The second kappa shape index (κ2) is 9.26. The van der Waals surface area contributed by atoms with Gasteiger partial charge < -0.3 is 19.3 Å². The molecule has 1 aromatic rings. The van der Waals surface area contributed by atoms with Gasteiger partial charge in [-0.15, -0.1) is 0 Å². The van der Waals surface area contributed by atoms with E-state index in [2.05, 4.69) is 32.9 Å². The van der Waals surface area contributed by atoms with Crippen molar-refractivity contribution in [2.45, 2.75) is 84.0 Å². The molecule has 1 amide bonds. The quantitative estimate of drug-likeness (QED) is 0.666. The van der Waals surface area contributed by atoms with Crippen molar-refractivity contribution in [1.29, 1.82) is 0 Å². The van der Waals surface area contributed by atoms with Gasteiger partial charge >= 0.3 is 6.09 Å². The molecule has 1 aliphatic carbocycles. The number of amides is 1. The number of cyclic esters (lactones) is 1. The SMILES string of the molecule is CC(C)[C@@]1(CCC(C)(C)O)CCN([C@@H](C)C2=CC=C(c3ccn(C)c(=O)c3)CC2)C(=O)O1. The minimum atomic E-state index is -0.779. The van der Waals surface area contributed by atoms with Gasteiger partial charge in [-0.25, -0.2) is 4.79 Å². The van der Waals surface area contributed by atoms with Gasteiger partial charge in [0.15, 0.2) is 0 Å². The largest absolute Gasteiger partial charge is 0.442 e. The van der Waals surface area contributed by atoms with Crippen molar-refractivity contribution in [1.82, 2.24) is 9.47 Å². The molecule has 1 saturated heterocycles. The van der Waals surface area contributed by atoms with E-state index in [1.807, 2.05) is 11.0 Å². The fourth-order valence-corrected chi connectivity index (χ4v) is 4.62. The van der Waals surface area contributed by atoms with Crippen LogP contribution in [0.1, 0.15) is 72.3 Å². The van der Waals surface area contributed by atoms with Gasteiger partial charge in [-0.3, -0.25) is 4.79 Å². The van der Waals surface area contributed by atoms with Gasteiger partial charge in [0, 0.05) is 32.3 Å². The van der Waals surface area contributed by atoms with Crippen molar-refractivity contribution < 1.29 is 14.6 Å². The van der Waals surface area contributed by atoms with Gasteiger partial charge in [0.1, 0.15) is 5.60 Å². The molecule has 2 aliphatic rings. The Bertz CT molecular complexity index is 967. The highest BCUT2D eigenvalue weighted by molar-refractivity contribution is 5.71. The Hall–Kier alpha value is -2.34. The normalized spacial score (nSPS) is 23.0. The first-order chi connectivity index (χ1) is 14.9. The summed E-state index contributed by atoms with van der Waals surface area (Å²) in [6, 6.07) is 3.61. The van der Waals surface area contributed by atoms with Crippen LogP contribution in [0.2, 0.25) is 0 Å². The molecule has 1 aliphatic heterocycles. The first kappa shape index (κ1) is 24.3. The number of carbonyl (C=O) groups excluding carboxylic acids is 1. The molecule has 0 radical (unpaired) electrons. The van der Waals surface area contributed by atoms with E-state index in [1.165, 1.54) is 5.57 Å². The van der Waals surface area contributed by atoms with Gasteiger partial charge in [-0.2, -0.15) is 0 Å². The fraction of sp³-hybridized carbons (Fsp3) is 0.615. The number of allylic oxidation sites excluding steroid dienone is 3. The van der Waals surface area contributed by atoms with Crippen LogP contribution in [0.4, 0.5) is 4.79 Å². The Labute approximate surface area is 191 Å². The average molecular weight is 443 g/mol. The number of hydrogen-bond acceptors (Lipinski definition) is 4. The lowest BCUT2D eigenvalue weighted by Gasteiger charge is -2.46. The van der Waals surface area contributed by atoms with E-state index >= 15 is 0 Å². The number of pyridine rings is 1. The number of aryl methyl sites for hydroxylation is 1. The van der Waals surface area contributed by atoms with Crippen molar-refractivity contribution in [2.75, 3.05) is 6.54 Å². The zero-order chi connectivity index (χ0) is 23.7. The number of hydrogen-bond donors (Lipinski definition) is 1. The van der Waals surface area contributed by atoms with Crippen LogP contribution in [0.25, 0.3) is 5.57 Å². The van der Waals surface area contributed by atoms with Crippen molar-refractivity contribution in [3.05, 3.63) is 52.0 Å². The summed E-state index contributed by atoms with van der Waals surface area (Å²) in [6.45, 7) is 10.5. The maximum Gasteiger partial charge on any atom is 0.410 e. The Morgan fingerprint density at radius 3 is 2.44 bits per heavy atom. The van der Waals surface area contributed by atoms with Gasteiger partial charge in [-0.05, 0) is 75.1 Å². The molecule has 32 heavy (non-hydrogen) atoms. The lowest BCUT2D eigenvalue weighted by atomic mass is 9.79. The minimum absolute atomic E-state index is 0.0131. The summed E-state index contributed by atoms with van der Waals surface area (Å²) >= 11 is 0. The first-order valence-corrected chi connectivity index (χ1v) is 11.7. The number of nitrogens with zero attached hydrogens (tertiary/aromatic N) is 2. The van der Waals surface area contributed by atoms with E-state index in [0.717, 1.165) is 30.4 Å². The highest BCUT2D eigenvalue weighted by Gasteiger charge is 2.45. The van der Waals surface area contributed by atoms with Crippen LogP contribution in [0.3, 0.4) is 0 Å². The van der Waals surface area contributed by atoms with E-state index in [0.29, 0.717) is 19.4 Å². The third-order valence-electron chi connectivity index (χ3n) is 7.17. The number of aromatic nitrogens is 1. The third-order valence-corrected chi connectivity index (χ3v) is 7.17. The summed E-state index contributed by atoms with van der Waals surface area (Å²) in [5.74, 6) is 0.184. The molecule has 0 aromatic carbocycles. The molecule has 6 heteroatoms. The summed E-state index contributed by atoms with van der Waals surface area (Å²) in [5.41, 5.74) is 1.98. The summed E-state index contributed by atoms with van der Waals surface area (Å²) in [7, 11) is 1.75. The third kappa shape index (κ3) is 5.34. The molecule has 1 aromatic heterocycles. The van der Waals surface area contributed by atoms with Gasteiger partial charge in [0.25, 0.3) is 5.56 Å². The van der Waals surface area contributed by atoms with E-state index in [1.54, 1.807) is 37.7 Å². The predicted octanol–water partition coefficient (Wildman–Crippen LogP) is 4.67. The Morgan fingerprint density at radius 2 is 1.91 bits per heavy atom. The van der Waals surface area contributed by atoms with Crippen LogP contribution in [-0.4, -0.2) is 44.5 Å². The van der Waals surface area contributed by atoms with Crippen molar-refractivity contribution in [3.63, 3.8) is 0 Å². The molecule has 176 valence electrons. The summed E-state index contributed by atoms with van der Waals surface area (Å²) < 4.78 is 7.63. The average Bonchev–Trinajstić information content (AvgIpc) is 2.73. The topological polar surface area (TPSA) is 71.8 Å². The molecular weight excluding hydrogens is 404 g/mol. The van der Waals surface area contributed by atoms with Crippen LogP contribution in [0.5, 0.6) is 0 Å². The molecule has 0 spiro atoms. The molecular formula is C26H38N2O4. The van der Waals surface area contributed by atoms with Crippen LogP contribution >= 0.6 is 0 Å². The smallest absolute Gasteiger partial charge is 0.410 e. The molecule has 3 rings (SSSR count). The van der Waals surface area contributed by atoms with Crippen LogP contribution < -0.4 is 5.56 Å². The maximum absolute atomic E-state index is 13.0. The highest BCUT2D eigenvalue weighted by atomic mass is 16.6. The standard InChI is InChI=1S/C26H38N2O4/c1-18(2)26(13-12-25(4,5)31)14-16-28(24(30)32-26)19(3)20-7-9-21(10-8-20)22-11-15-27(6)23(29)17-22/h7,9,11,15,17-19,31H,8,10,12-14,16H2,1-6H3/t19-,26+/m0/s1. The zero-order valence-electron chi connectivity index (χ0n) is 20.4. The summed E-state index contributed by atoms with van der Waals surface area (Å²) in [5, 5.41) is 10.2. The maximum atomic E-state index is 13.0. The Balaban J connectivity index is 1.71. The molecule has 2 atom stereocenters. The van der Waals surface area contributed by atoms with Crippen molar-refractivity contribution in [3.8, 4) is 0 Å². The van der Waals surface area contributed by atoms with Crippen LogP contribution in [0, 0.1) is 5.92 Å². The second-order valence-corrected chi connectivity index (χ2v) is 10.3. The molecule has 1 N–H and O–H groups in total. The predicted molar refractivity (Wildman–Crippen MR) is 127 cm³/mol. The number of carbonyl (C=O) groups is 1. The number of rotatable bonds is 7. The van der Waals surface area contributed by atoms with Crippen LogP contribution in [0.15, 0.2) is 40.8 Å². The lowest BCUT2D eigenvalue weighted by Crippen LogP contribution is -2.55. The summed E-state index contributed by atoms with van der Waals surface area (Å²) in [6.07, 6.45) is 9.39. The van der Waals surface area contributed by atoms with E-state index in [4.69, 9.17) is 4.74 Å². The lowest BCUT2D eigenvalue weighted by molar-refractivity contribution is -0.0948. The second-order valence-electron chi connectivity index (χ2n) is 10.3. The Kier molecular flexibility index (Phi) is 7.03. The van der Waals surface area contributed by atoms with Gasteiger partial charge in [-0.1, -0.05) is 26.0 Å². The van der Waals surface area contributed by atoms with Gasteiger partial charge in [0.05, 0.1) is 11.6 Å². The van der Waals surface area contributed by atoms with Crippen molar-refractivity contribution in [2.24, 2.45) is 13.0 Å². The first-order valence-electron chi connectivity index (χ1n) is 11.7.